The average molecular weight is 307 g/mol. The van der Waals surface area contributed by atoms with Crippen molar-refractivity contribution in [3.05, 3.63) is 39.3 Å². The molecule has 0 aliphatic rings. The first kappa shape index (κ1) is 12.3. The van der Waals surface area contributed by atoms with E-state index in [1.165, 1.54) is 5.56 Å². The molecule has 0 fully saturated rings. The van der Waals surface area contributed by atoms with Crippen molar-refractivity contribution >= 4 is 27.3 Å². The molecule has 86 valence electrons. The van der Waals surface area contributed by atoms with Gasteiger partial charge in [0.1, 0.15) is 5.01 Å². The first-order valence-electron chi connectivity index (χ1n) is 5.36. The fraction of sp³-hybridized carbons (Fsp3) is 0.231. The SMILES string of the molecule is CCc1ccc(-c2nc(CC#N)c(Br)s2)cc1. The summed E-state index contributed by atoms with van der Waals surface area (Å²) in [5.74, 6) is 0. The molecule has 4 heteroatoms. The molecule has 0 spiro atoms. The lowest BCUT2D eigenvalue weighted by Crippen LogP contribution is -1.84. The molecule has 0 saturated heterocycles. The van der Waals surface area contributed by atoms with Crippen molar-refractivity contribution in [2.45, 2.75) is 19.8 Å². The summed E-state index contributed by atoms with van der Waals surface area (Å²) in [6.45, 7) is 2.14. The predicted octanol–water partition coefficient (Wildman–Crippen LogP) is 4.20. The van der Waals surface area contributed by atoms with Crippen LogP contribution in [0, 0.1) is 11.3 Å². The highest BCUT2D eigenvalue weighted by Crippen LogP contribution is 2.32. The summed E-state index contributed by atoms with van der Waals surface area (Å²) in [7, 11) is 0. The zero-order valence-corrected chi connectivity index (χ0v) is 11.8. The van der Waals surface area contributed by atoms with Crippen LogP contribution in [-0.4, -0.2) is 4.98 Å². The van der Waals surface area contributed by atoms with Crippen LogP contribution in [0.15, 0.2) is 28.1 Å². The number of hydrogen-bond acceptors (Lipinski definition) is 3. The fourth-order valence-electron chi connectivity index (χ4n) is 1.52. The third-order valence-corrected chi connectivity index (χ3v) is 4.38. The topological polar surface area (TPSA) is 36.7 Å². The van der Waals surface area contributed by atoms with Crippen LogP contribution in [-0.2, 0) is 12.8 Å². The van der Waals surface area contributed by atoms with Crippen molar-refractivity contribution in [2.75, 3.05) is 0 Å². The first-order chi connectivity index (χ1) is 8.24. The Morgan fingerprint density at radius 3 is 2.65 bits per heavy atom. The second-order valence-corrected chi connectivity index (χ2v) is 5.94. The fourth-order valence-corrected chi connectivity index (χ4v) is 3.03. The highest BCUT2D eigenvalue weighted by atomic mass is 79.9. The zero-order chi connectivity index (χ0) is 12.3. The summed E-state index contributed by atoms with van der Waals surface area (Å²) >= 11 is 5.02. The summed E-state index contributed by atoms with van der Waals surface area (Å²) in [6.07, 6.45) is 1.39. The number of aryl methyl sites for hydroxylation is 1. The van der Waals surface area contributed by atoms with Gasteiger partial charge in [-0.25, -0.2) is 4.98 Å². The summed E-state index contributed by atoms with van der Waals surface area (Å²) in [4.78, 5) is 4.47. The molecule has 1 aromatic heterocycles. The van der Waals surface area contributed by atoms with Crippen LogP contribution >= 0.6 is 27.3 Å². The molecule has 0 amide bonds. The van der Waals surface area contributed by atoms with Gasteiger partial charge in [-0.1, -0.05) is 31.2 Å². The van der Waals surface area contributed by atoms with Gasteiger partial charge < -0.3 is 0 Å². The van der Waals surface area contributed by atoms with Gasteiger partial charge in [0.05, 0.1) is 22.0 Å². The Balaban J connectivity index is 2.33. The van der Waals surface area contributed by atoms with Crippen LogP contribution in [0.4, 0.5) is 0 Å². The first-order valence-corrected chi connectivity index (χ1v) is 6.97. The molecule has 0 saturated carbocycles. The smallest absolute Gasteiger partial charge is 0.124 e. The Kier molecular flexibility index (Phi) is 3.93. The van der Waals surface area contributed by atoms with E-state index in [0.29, 0.717) is 6.42 Å². The van der Waals surface area contributed by atoms with E-state index in [1.54, 1.807) is 11.3 Å². The normalized spacial score (nSPS) is 10.2. The van der Waals surface area contributed by atoms with Gasteiger partial charge in [-0.2, -0.15) is 5.26 Å². The second-order valence-electron chi connectivity index (χ2n) is 3.62. The lowest BCUT2D eigenvalue weighted by molar-refractivity contribution is 1.13. The minimum absolute atomic E-state index is 0.351. The molecule has 0 N–H and O–H groups in total. The monoisotopic (exact) mass is 306 g/mol. The van der Waals surface area contributed by atoms with Gasteiger partial charge in [0.25, 0.3) is 0 Å². The highest BCUT2D eigenvalue weighted by Gasteiger charge is 2.09. The van der Waals surface area contributed by atoms with Crippen LogP contribution in [0.25, 0.3) is 10.6 Å². The quantitative estimate of drug-likeness (QED) is 0.852. The van der Waals surface area contributed by atoms with Crippen LogP contribution in [0.5, 0.6) is 0 Å². The average Bonchev–Trinajstić information content (AvgIpc) is 2.72. The summed E-state index contributed by atoms with van der Waals surface area (Å²) < 4.78 is 0.952. The maximum Gasteiger partial charge on any atom is 0.124 e. The third-order valence-electron chi connectivity index (χ3n) is 2.51. The Bertz CT molecular complexity index is 552. The number of nitriles is 1. The molecule has 0 unspecified atom stereocenters. The number of nitrogens with zero attached hydrogens (tertiary/aromatic N) is 2. The van der Waals surface area contributed by atoms with Crippen molar-refractivity contribution in [3.63, 3.8) is 0 Å². The van der Waals surface area contributed by atoms with E-state index in [-0.39, 0.29) is 0 Å². The van der Waals surface area contributed by atoms with Crippen LogP contribution in [0.3, 0.4) is 0 Å². The molecule has 1 heterocycles. The number of thiazole rings is 1. The minimum atomic E-state index is 0.351. The van der Waals surface area contributed by atoms with Gasteiger partial charge >= 0.3 is 0 Å². The van der Waals surface area contributed by atoms with Gasteiger partial charge in [-0.15, -0.1) is 11.3 Å². The van der Waals surface area contributed by atoms with Crippen LogP contribution in [0.1, 0.15) is 18.2 Å². The van der Waals surface area contributed by atoms with Crippen molar-refractivity contribution in [2.24, 2.45) is 0 Å². The predicted molar refractivity (Wildman–Crippen MR) is 73.9 cm³/mol. The van der Waals surface area contributed by atoms with Crippen molar-refractivity contribution in [3.8, 4) is 16.6 Å². The maximum atomic E-state index is 8.69. The van der Waals surface area contributed by atoms with E-state index in [2.05, 4.69) is 58.2 Å². The van der Waals surface area contributed by atoms with E-state index >= 15 is 0 Å². The lowest BCUT2D eigenvalue weighted by atomic mass is 10.1. The van der Waals surface area contributed by atoms with E-state index in [9.17, 15) is 0 Å². The van der Waals surface area contributed by atoms with Crippen molar-refractivity contribution in [1.82, 2.24) is 4.98 Å². The van der Waals surface area contributed by atoms with Crippen LogP contribution < -0.4 is 0 Å². The molecule has 0 atom stereocenters. The van der Waals surface area contributed by atoms with Gasteiger partial charge in [0.2, 0.25) is 0 Å². The maximum absolute atomic E-state index is 8.69. The molecule has 17 heavy (non-hydrogen) atoms. The summed E-state index contributed by atoms with van der Waals surface area (Å²) in [5, 5.41) is 9.65. The van der Waals surface area contributed by atoms with Gasteiger partial charge in [0.15, 0.2) is 0 Å². The number of aromatic nitrogens is 1. The largest absolute Gasteiger partial charge is 0.239 e. The number of benzene rings is 1. The third kappa shape index (κ3) is 2.74. The molecular weight excluding hydrogens is 296 g/mol. The number of rotatable bonds is 3. The number of hydrogen-bond donors (Lipinski definition) is 0. The molecule has 0 radical (unpaired) electrons. The molecule has 2 nitrogen and oxygen atoms in total. The zero-order valence-electron chi connectivity index (χ0n) is 9.40. The van der Waals surface area contributed by atoms with E-state index in [1.807, 2.05) is 0 Å². The molecule has 0 bridgehead atoms. The van der Waals surface area contributed by atoms with E-state index in [0.717, 1.165) is 26.5 Å². The Morgan fingerprint density at radius 2 is 2.06 bits per heavy atom. The van der Waals surface area contributed by atoms with Crippen LogP contribution in [0.2, 0.25) is 0 Å². The molecular formula is C13H11BrN2S. The number of halogens is 1. The summed E-state index contributed by atoms with van der Waals surface area (Å²) in [6, 6.07) is 10.5. The Hall–Kier alpha value is -1.18. The summed E-state index contributed by atoms with van der Waals surface area (Å²) in [5.41, 5.74) is 3.26. The minimum Gasteiger partial charge on any atom is -0.239 e. The molecule has 0 aliphatic heterocycles. The van der Waals surface area contributed by atoms with E-state index in [4.69, 9.17) is 5.26 Å². The van der Waals surface area contributed by atoms with Gasteiger partial charge in [-0.05, 0) is 27.9 Å². The molecule has 2 rings (SSSR count). The van der Waals surface area contributed by atoms with Gasteiger partial charge in [-0.3, -0.25) is 0 Å². The second kappa shape index (κ2) is 5.44. The molecule has 2 aromatic rings. The van der Waals surface area contributed by atoms with Crippen molar-refractivity contribution < 1.29 is 0 Å². The standard InChI is InChI=1S/C13H11BrN2S/c1-2-9-3-5-10(6-4-9)13-16-11(7-8-15)12(14)17-13/h3-6H,2,7H2,1H3. The van der Waals surface area contributed by atoms with E-state index < -0.39 is 0 Å². The lowest BCUT2D eigenvalue weighted by Gasteiger charge is -1.98. The molecule has 0 aliphatic carbocycles. The Morgan fingerprint density at radius 1 is 1.35 bits per heavy atom. The van der Waals surface area contributed by atoms with Gasteiger partial charge in [0, 0.05) is 5.56 Å². The molecule has 1 aromatic carbocycles. The van der Waals surface area contributed by atoms with Crippen molar-refractivity contribution in [1.29, 1.82) is 5.26 Å². The Labute approximate surface area is 113 Å². The highest BCUT2D eigenvalue weighted by molar-refractivity contribution is 9.11.